The minimum Gasteiger partial charge on any atom is -0.494 e. The second kappa shape index (κ2) is 4.80. The summed E-state index contributed by atoms with van der Waals surface area (Å²) in [4.78, 5) is 4.58. The molecule has 0 unspecified atom stereocenters. The lowest BCUT2D eigenvalue weighted by Crippen LogP contribution is -1.99. The Morgan fingerprint density at radius 1 is 1.41 bits per heavy atom. The first-order valence-corrected chi connectivity index (χ1v) is 5.93. The van der Waals surface area contributed by atoms with Gasteiger partial charge in [0.2, 0.25) is 0 Å². The molecule has 3 nitrogen and oxygen atoms in total. The van der Waals surface area contributed by atoms with Crippen molar-refractivity contribution in [2.24, 2.45) is 0 Å². The summed E-state index contributed by atoms with van der Waals surface area (Å²) in [6, 6.07) is 5.74. The van der Waals surface area contributed by atoms with Crippen LogP contribution in [0.2, 0.25) is 5.02 Å². The van der Waals surface area contributed by atoms with Crippen LogP contribution in [0.4, 0.5) is 5.82 Å². The number of fused-ring (bicyclic) bond motifs is 1. The van der Waals surface area contributed by atoms with Crippen molar-refractivity contribution in [2.75, 3.05) is 19.5 Å². The number of anilines is 1. The van der Waals surface area contributed by atoms with Gasteiger partial charge in [0.1, 0.15) is 17.1 Å². The van der Waals surface area contributed by atoms with E-state index in [0.717, 1.165) is 34.5 Å². The summed E-state index contributed by atoms with van der Waals surface area (Å²) in [6.45, 7) is 2.10. The van der Waals surface area contributed by atoms with Crippen molar-refractivity contribution in [1.82, 2.24) is 4.98 Å². The molecule has 0 spiro atoms. The summed E-state index contributed by atoms with van der Waals surface area (Å²) in [6.07, 6.45) is 0.909. The molecule has 2 aromatic rings. The molecule has 90 valence electrons. The zero-order valence-electron chi connectivity index (χ0n) is 10.2. The maximum absolute atomic E-state index is 6.19. The van der Waals surface area contributed by atoms with Crippen LogP contribution in [0.25, 0.3) is 10.9 Å². The molecule has 1 aromatic heterocycles. The molecule has 0 bridgehead atoms. The van der Waals surface area contributed by atoms with Crippen molar-refractivity contribution >= 4 is 28.3 Å². The highest BCUT2D eigenvalue weighted by Crippen LogP contribution is 2.32. The van der Waals surface area contributed by atoms with Crippen molar-refractivity contribution in [2.45, 2.75) is 13.3 Å². The normalized spacial score (nSPS) is 10.6. The van der Waals surface area contributed by atoms with E-state index < -0.39 is 0 Å². The minimum absolute atomic E-state index is 0.700. The van der Waals surface area contributed by atoms with Gasteiger partial charge in [0.05, 0.1) is 12.1 Å². The molecule has 0 fully saturated rings. The van der Waals surface area contributed by atoms with Crippen molar-refractivity contribution < 1.29 is 4.74 Å². The predicted molar refractivity (Wildman–Crippen MR) is 72.2 cm³/mol. The van der Waals surface area contributed by atoms with Gasteiger partial charge in [-0.05, 0) is 30.2 Å². The van der Waals surface area contributed by atoms with Crippen LogP contribution < -0.4 is 10.1 Å². The predicted octanol–water partition coefficient (Wildman–Crippen LogP) is 3.50. The third-order valence-corrected chi connectivity index (χ3v) is 3.14. The van der Waals surface area contributed by atoms with E-state index in [0.29, 0.717) is 5.02 Å². The smallest absolute Gasteiger partial charge is 0.145 e. The van der Waals surface area contributed by atoms with Gasteiger partial charge >= 0.3 is 0 Å². The molecule has 0 aliphatic heterocycles. The molecule has 0 amide bonds. The molecule has 1 N–H and O–H groups in total. The van der Waals surface area contributed by atoms with Gasteiger partial charge < -0.3 is 10.1 Å². The fourth-order valence-electron chi connectivity index (χ4n) is 1.89. The molecule has 0 atom stereocenters. The largest absolute Gasteiger partial charge is 0.494 e. The first-order valence-electron chi connectivity index (χ1n) is 5.55. The molecule has 2 rings (SSSR count). The van der Waals surface area contributed by atoms with Crippen molar-refractivity contribution in [3.63, 3.8) is 0 Å². The second-order valence-electron chi connectivity index (χ2n) is 3.75. The number of methoxy groups -OCH3 is 1. The Morgan fingerprint density at radius 2 is 2.18 bits per heavy atom. The van der Waals surface area contributed by atoms with Crippen LogP contribution in [0.3, 0.4) is 0 Å². The average Bonchev–Trinajstić information content (AvgIpc) is 2.38. The Kier molecular flexibility index (Phi) is 3.38. The van der Waals surface area contributed by atoms with E-state index in [2.05, 4.69) is 23.3 Å². The zero-order chi connectivity index (χ0) is 12.4. The Bertz CT molecular complexity index is 555. The minimum atomic E-state index is 0.700. The Morgan fingerprint density at radius 3 is 2.76 bits per heavy atom. The highest BCUT2D eigenvalue weighted by Gasteiger charge is 2.10. The monoisotopic (exact) mass is 250 g/mol. The maximum atomic E-state index is 6.19. The molecular formula is C13H15ClN2O. The average molecular weight is 251 g/mol. The summed E-state index contributed by atoms with van der Waals surface area (Å²) < 4.78 is 5.31. The quantitative estimate of drug-likeness (QED) is 0.905. The van der Waals surface area contributed by atoms with Gasteiger partial charge in [-0.2, -0.15) is 0 Å². The van der Waals surface area contributed by atoms with Gasteiger partial charge in [0, 0.05) is 12.4 Å². The van der Waals surface area contributed by atoms with E-state index in [1.807, 2.05) is 19.2 Å². The summed E-state index contributed by atoms with van der Waals surface area (Å²) in [5.74, 6) is 1.61. The molecule has 4 heteroatoms. The molecule has 1 aromatic carbocycles. The summed E-state index contributed by atoms with van der Waals surface area (Å²) in [5.41, 5.74) is 1.94. The molecule has 0 saturated heterocycles. The van der Waals surface area contributed by atoms with Crippen LogP contribution >= 0.6 is 11.6 Å². The summed E-state index contributed by atoms with van der Waals surface area (Å²) in [7, 11) is 3.50. The molecule has 0 saturated carbocycles. The first-order chi connectivity index (χ1) is 8.21. The molecule has 0 radical (unpaired) electrons. The number of nitrogens with one attached hydrogen (secondary N) is 1. The van der Waals surface area contributed by atoms with E-state index in [-0.39, 0.29) is 0 Å². The van der Waals surface area contributed by atoms with Crippen LogP contribution in [-0.4, -0.2) is 19.1 Å². The maximum Gasteiger partial charge on any atom is 0.145 e. The van der Waals surface area contributed by atoms with Crippen LogP contribution in [0.1, 0.15) is 12.5 Å². The fourth-order valence-corrected chi connectivity index (χ4v) is 2.10. The summed E-state index contributed by atoms with van der Waals surface area (Å²) >= 11 is 6.19. The van der Waals surface area contributed by atoms with Gasteiger partial charge in [0.25, 0.3) is 0 Å². The standard InChI is InChI=1S/C13H15ClN2O/c1-4-8-7-9-10(14)5-6-11(17-3)12(9)16-13(8)15-2/h5-7H,4H2,1-3H3,(H,15,16). The van der Waals surface area contributed by atoms with Crippen molar-refractivity contribution in [1.29, 1.82) is 0 Å². The summed E-state index contributed by atoms with van der Waals surface area (Å²) in [5, 5.41) is 4.73. The van der Waals surface area contributed by atoms with Gasteiger partial charge in [-0.1, -0.05) is 18.5 Å². The lowest BCUT2D eigenvalue weighted by molar-refractivity contribution is 0.419. The third-order valence-electron chi connectivity index (χ3n) is 2.81. The molecule has 0 aliphatic carbocycles. The molecule has 1 heterocycles. The molecule has 0 aliphatic rings. The topological polar surface area (TPSA) is 34.1 Å². The lowest BCUT2D eigenvalue weighted by Gasteiger charge is -2.11. The van der Waals surface area contributed by atoms with Gasteiger partial charge in [-0.15, -0.1) is 0 Å². The fraction of sp³-hybridized carbons (Fsp3) is 0.308. The molecule has 17 heavy (non-hydrogen) atoms. The Balaban J connectivity index is 2.80. The second-order valence-corrected chi connectivity index (χ2v) is 4.15. The van der Waals surface area contributed by atoms with E-state index in [9.17, 15) is 0 Å². The van der Waals surface area contributed by atoms with Crippen LogP contribution in [-0.2, 0) is 6.42 Å². The number of aryl methyl sites for hydroxylation is 1. The number of hydrogen-bond acceptors (Lipinski definition) is 3. The van der Waals surface area contributed by atoms with E-state index in [4.69, 9.17) is 16.3 Å². The van der Waals surface area contributed by atoms with Gasteiger partial charge in [0.15, 0.2) is 0 Å². The number of aromatic nitrogens is 1. The lowest BCUT2D eigenvalue weighted by atomic mass is 10.1. The number of ether oxygens (including phenoxy) is 1. The number of benzene rings is 1. The number of halogens is 1. The highest BCUT2D eigenvalue weighted by atomic mass is 35.5. The van der Waals surface area contributed by atoms with E-state index in [1.165, 1.54) is 0 Å². The van der Waals surface area contributed by atoms with Gasteiger partial charge in [-0.3, -0.25) is 0 Å². The Hall–Kier alpha value is -1.48. The third kappa shape index (κ3) is 2.03. The SMILES string of the molecule is CCc1cc2c(Cl)ccc(OC)c2nc1NC. The van der Waals surface area contributed by atoms with E-state index in [1.54, 1.807) is 7.11 Å². The van der Waals surface area contributed by atoms with Crippen LogP contribution in [0.15, 0.2) is 18.2 Å². The highest BCUT2D eigenvalue weighted by molar-refractivity contribution is 6.35. The number of rotatable bonds is 3. The number of hydrogen-bond donors (Lipinski definition) is 1. The number of nitrogens with zero attached hydrogens (tertiary/aromatic N) is 1. The first kappa shape index (κ1) is 12.0. The molecular weight excluding hydrogens is 236 g/mol. The van der Waals surface area contributed by atoms with Crippen LogP contribution in [0.5, 0.6) is 5.75 Å². The van der Waals surface area contributed by atoms with Gasteiger partial charge in [-0.25, -0.2) is 4.98 Å². The zero-order valence-corrected chi connectivity index (χ0v) is 10.9. The van der Waals surface area contributed by atoms with E-state index >= 15 is 0 Å². The Labute approximate surface area is 106 Å². The van der Waals surface area contributed by atoms with Crippen LogP contribution in [0, 0.1) is 0 Å². The number of pyridine rings is 1. The van der Waals surface area contributed by atoms with Crippen molar-refractivity contribution in [3.8, 4) is 5.75 Å². The van der Waals surface area contributed by atoms with Crippen molar-refractivity contribution in [3.05, 3.63) is 28.8 Å².